The molecular formula is C23H23N5OS. The fraction of sp³-hybridized carbons (Fsp3) is 0.261. The Morgan fingerprint density at radius 2 is 1.77 bits per heavy atom. The van der Waals surface area contributed by atoms with Crippen molar-refractivity contribution in [3.8, 4) is 17.3 Å². The van der Waals surface area contributed by atoms with Crippen LogP contribution in [-0.4, -0.2) is 47.3 Å². The van der Waals surface area contributed by atoms with E-state index < -0.39 is 5.56 Å². The zero-order valence-corrected chi connectivity index (χ0v) is 17.7. The molecule has 2 aromatic carbocycles. The number of aromatic nitrogens is 2. The molecule has 0 spiro atoms. The Kier molecular flexibility index (Phi) is 6.17. The maximum atomic E-state index is 12.2. The molecule has 0 saturated carbocycles. The number of aromatic amines is 1. The fourth-order valence-corrected chi connectivity index (χ4v) is 4.08. The van der Waals surface area contributed by atoms with Gasteiger partial charge < -0.3 is 9.88 Å². The van der Waals surface area contributed by atoms with Crippen molar-refractivity contribution in [3.05, 3.63) is 76.1 Å². The Labute approximate surface area is 180 Å². The predicted octanol–water partition coefficient (Wildman–Crippen LogP) is 3.35. The first-order valence-electron chi connectivity index (χ1n) is 9.88. The van der Waals surface area contributed by atoms with Crippen LogP contribution in [0.3, 0.4) is 0 Å². The molecule has 1 aliphatic heterocycles. The summed E-state index contributed by atoms with van der Waals surface area (Å²) in [5.74, 6) is 0. The van der Waals surface area contributed by atoms with Gasteiger partial charge in [-0.15, -0.1) is 0 Å². The largest absolute Gasteiger partial charge is 0.369 e. The number of hydrogen-bond donors (Lipinski definition) is 1. The molecule has 1 aromatic heterocycles. The number of H-pyrrole nitrogens is 1. The summed E-state index contributed by atoms with van der Waals surface area (Å²) in [5, 5.41) is 9.89. The predicted molar refractivity (Wildman–Crippen MR) is 121 cm³/mol. The highest BCUT2D eigenvalue weighted by Crippen LogP contribution is 2.25. The van der Waals surface area contributed by atoms with Gasteiger partial charge in [-0.05, 0) is 24.0 Å². The molecule has 0 aliphatic carbocycles. The lowest BCUT2D eigenvalue weighted by Crippen LogP contribution is -2.45. The van der Waals surface area contributed by atoms with Crippen LogP contribution in [0.1, 0.15) is 11.1 Å². The van der Waals surface area contributed by atoms with Crippen LogP contribution in [0.2, 0.25) is 0 Å². The number of piperazine rings is 1. The average molecular weight is 418 g/mol. The van der Waals surface area contributed by atoms with Gasteiger partial charge in [0.15, 0.2) is 5.16 Å². The number of thioether (sulfide) groups is 1. The van der Waals surface area contributed by atoms with Crippen molar-refractivity contribution in [3.63, 3.8) is 0 Å². The maximum Gasteiger partial charge on any atom is 0.270 e. The third kappa shape index (κ3) is 4.40. The van der Waals surface area contributed by atoms with E-state index in [1.807, 2.05) is 42.7 Å². The summed E-state index contributed by atoms with van der Waals surface area (Å²) < 4.78 is 0. The van der Waals surface area contributed by atoms with Gasteiger partial charge in [0, 0.05) is 44.0 Å². The van der Waals surface area contributed by atoms with Crippen molar-refractivity contribution >= 4 is 17.4 Å². The van der Waals surface area contributed by atoms with Gasteiger partial charge in [0.2, 0.25) is 0 Å². The quantitative estimate of drug-likeness (QED) is 0.507. The zero-order chi connectivity index (χ0) is 20.9. The van der Waals surface area contributed by atoms with E-state index >= 15 is 0 Å². The topological polar surface area (TPSA) is 76.0 Å². The van der Waals surface area contributed by atoms with Crippen LogP contribution in [0.15, 0.2) is 64.5 Å². The molecular weight excluding hydrogens is 394 g/mol. The molecule has 152 valence electrons. The standard InChI is InChI=1S/C23H23N5OS/c1-30-23-25-21(20(15-24)22(29)26-23)18-7-9-19(10-8-18)28-13-11-27(12-14-28)16-17-5-3-2-4-6-17/h2-10H,11-14,16H2,1H3,(H,25,26,29). The van der Waals surface area contributed by atoms with E-state index in [-0.39, 0.29) is 5.56 Å². The van der Waals surface area contributed by atoms with Crippen LogP contribution in [0.5, 0.6) is 0 Å². The molecule has 3 aromatic rings. The molecule has 6 nitrogen and oxygen atoms in total. The van der Waals surface area contributed by atoms with Gasteiger partial charge in [0.25, 0.3) is 5.56 Å². The Bertz CT molecular complexity index is 1100. The van der Waals surface area contributed by atoms with E-state index in [0.29, 0.717) is 10.9 Å². The summed E-state index contributed by atoms with van der Waals surface area (Å²) >= 11 is 1.35. The molecule has 7 heteroatoms. The molecule has 0 unspecified atom stereocenters. The molecule has 0 bridgehead atoms. The third-order valence-electron chi connectivity index (χ3n) is 5.33. The number of anilines is 1. The number of benzene rings is 2. The molecule has 1 aliphatic rings. The number of nitriles is 1. The highest BCUT2D eigenvalue weighted by molar-refractivity contribution is 7.98. The normalized spacial score (nSPS) is 14.5. The summed E-state index contributed by atoms with van der Waals surface area (Å²) in [5.41, 5.74) is 3.36. The van der Waals surface area contributed by atoms with Gasteiger partial charge in [-0.2, -0.15) is 5.26 Å². The summed E-state index contributed by atoms with van der Waals surface area (Å²) in [4.78, 5) is 24.1. The lowest BCUT2D eigenvalue weighted by atomic mass is 10.1. The second kappa shape index (κ2) is 9.16. The van der Waals surface area contributed by atoms with E-state index in [9.17, 15) is 10.1 Å². The maximum absolute atomic E-state index is 12.2. The number of nitrogens with one attached hydrogen (secondary N) is 1. The first-order chi connectivity index (χ1) is 14.7. The molecule has 4 rings (SSSR count). The van der Waals surface area contributed by atoms with Crippen molar-refractivity contribution in [2.75, 3.05) is 37.3 Å². The summed E-state index contributed by atoms with van der Waals surface area (Å²) in [6, 6.07) is 20.5. The van der Waals surface area contributed by atoms with Crippen LogP contribution in [-0.2, 0) is 6.54 Å². The van der Waals surface area contributed by atoms with E-state index in [2.05, 4.69) is 44.0 Å². The first-order valence-corrected chi connectivity index (χ1v) is 11.1. The van der Waals surface area contributed by atoms with Crippen molar-refractivity contribution < 1.29 is 0 Å². The average Bonchev–Trinajstić information content (AvgIpc) is 2.80. The van der Waals surface area contributed by atoms with Gasteiger partial charge in [-0.3, -0.25) is 9.69 Å². The number of hydrogen-bond acceptors (Lipinski definition) is 6. The second-order valence-electron chi connectivity index (χ2n) is 7.21. The van der Waals surface area contributed by atoms with E-state index in [1.165, 1.54) is 17.3 Å². The highest BCUT2D eigenvalue weighted by atomic mass is 32.2. The first kappa shape index (κ1) is 20.2. The van der Waals surface area contributed by atoms with Gasteiger partial charge in [-0.25, -0.2) is 4.98 Å². The summed E-state index contributed by atoms with van der Waals surface area (Å²) in [7, 11) is 0. The van der Waals surface area contributed by atoms with Crippen molar-refractivity contribution in [2.24, 2.45) is 0 Å². The zero-order valence-electron chi connectivity index (χ0n) is 16.8. The number of nitrogens with zero attached hydrogens (tertiary/aromatic N) is 4. The third-order valence-corrected chi connectivity index (χ3v) is 5.91. The summed E-state index contributed by atoms with van der Waals surface area (Å²) in [6.45, 7) is 4.95. The monoisotopic (exact) mass is 417 g/mol. The molecule has 30 heavy (non-hydrogen) atoms. The van der Waals surface area contributed by atoms with Crippen molar-refractivity contribution in [2.45, 2.75) is 11.7 Å². The van der Waals surface area contributed by atoms with Crippen LogP contribution in [0.25, 0.3) is 11.3 Å². The minimum Gasteiger partial charge on any atom is -0.369 e. The van der Waals surface area contributed by atoms with Crippen LogP contribution in [0.4, 0.5) is 5.69 Å². The van der Waals surface area contributed by atoms with Gasteiger partial charge in [0.1, 0.15) is 11.6 Å². The molecule has 1 saturated heterocycles. The van der Waals surface area contributed by atoms with E-state index in [1.54, 1.807) is 0 Å². The Morgan fingerprint density at radius 1 is 1.07 bits per heavy atom. The lowest BCUT2D eigenvalue weighted by Gasteiger charge is -2.36. The number of rotatable bonds is 5. The Hall–Kier alpha value is -3.08. The molecule has 0 amide bonds. The summed E-state index contributed by atoms with van der Waals surface area (Å²) in [6.07, 6.45) is 1.84. The Balaban J connectivity index is 1.46. The van der Waals surface area contributed by atoms with Crippen LogP contribution >= 0.6 is 11.8 Å². The molecule has 1 fully saturated rings. The van der Waals surface area contributed by atoms with Crippen LogP contribution in [0, 0.1) is 11.3 Å². The van der Waals surface area contributed by atoms with Gasteiger partial charge in [0.05, 0.1) is 5.69 Å². The van der Waals surface area contributed by atoms with Crippen molar-refractivity contribution in [1.82, 2.24) is 14.9 Å². The van der Waals surface area contributed by atoms with Crippen molar-refractivity contribution in [1.29, 1.82) is 5.26 Å². The van der Waals surface area contributed by atoms with Gasteiger partial charge >= 0.3 is 0 Å². The van der Waals surface area contributed by atoms with E-state index in [0.717, 1.165) is 44.0 Å². The van der Waals surface area contributed by atoms with Crippen LogP contribution < -0.4 is 10.5 Å². The highest BCUT2D eigenvalue weighted by Gasteiger charge is 2.18. The molecule has 2 heterocycles. The molecule has 0 atom stereocenters. The minimum absolute atomic E-state index is 0.0510. The lowest BCUT2D eigenvalue weighted by molar-refractivity contribution is 0.250. The van der Waals surface area contributed by atoms with E-state index in [4.69, 9.17) is 0 Å². The molecule has 0 radical (unpaired) electrons. The fourth-order valence-electron chi connectivity index (χ4n) is 3.70. The molecule has 1 N–H and O–H groups in total. The second-order valence-corrected chi connectivity index (χ2v) is 8.00. The SMILES string of the molecule is CSc1nc(-c2ccc(N3CCN(Cc4ccccc4)CC3)cc2)c(C#N)c(=O)[nH]1. The minimum atomic E-state index is -0.398. The smallest absolute Gasteiger partial charge is 0.270 e. The Morgan fingerprint density at radius 3 is 2.40 bits per heavy atom. The van der Waals surface area contributed by atoms with Gasteiger partial charge in [-0.1, -0.05) is 54.2 Å².